The molecule has 0 radical (unpaired) electrons. The van der Waals surface area contributed by atoms with Gasteiger partial charge in [0.15, 0.2) is 0 Å². The van der Waals surface area contributed by atoms with Crippen LogP contribution in [0.5, 0.6) is 0 Å². The van der Waals surface area contributed by atoms with Gasteiger partial charge in [-0.15, -0.1) is 10.2 Å². The molecule has 0 unspecified atom stereocenters. The summed E-state index contributed by atoms with van der Waals surface area (Å²) in [6.07, 6.45) is 1.66. The maximum Gasteiger partial charge on any atom is 0.269 e. The minimum atomic E-state index is -3.81. The molecular weight excluding hydrogens is 458 g/mol. The van der Waals surface area contributed by atoms with Gasteiger partial charge >= 0.3 is 0 Å². The van der Waals surface area contributed by atoms with Crippen LogP contribution in [0.3, 0.4) is 0 Å². The lowest BCUT2D eigenvalue weighted by molar-refractivity contribution is 0.102. The van der Waals surface area contributed by atoms with Gasteiger partial charge in [0.2, 0.25) is 9.47 Å². The van der Waals surface area contributed by atoms with E-state index in [9.17, 15) is 13.2 Å². The number of sulfonamides is 1. The molecule has 3 aromatic rings. The van der Waals surface area contributed by atoms with Crippen LogP contribution in [0.25, 0.3) is 0 Å². The van der Waals surface area contributed by atoms with Crippen molar-refractivity contribution >= 4 is 49.7 Å². The Bertz CT molecular complexity index is 1200. The number of carbonyl (C=O) groups excluding carboxylic acids is 1. The SMILES string of the molecule is O=C(Nc1nnc(S(=O)(=O)NCCCN2CCc3ccccc32)s1)c1ccccc1Cl. The molecule has 2 N–H and O–H groups in total. The van der Waals surface area contributed by atoms with E-state index in [-0.39, 0.29) is 21.6 Å². The fourth-order valence-electron chi connectivity index (χ4n) is 3.36. The molecular formula is C20H20ClN5O3S2. The van der Waals surface area contributed by atoms with Crippen molar-refractivity contribution in [2.75, 3.05) is 29.9 Å². The number of anilines is 2. The van der Waals surface area contributed by atoms with Crippen LogP contribution < -0.4 is 14.9 Å². The van der Waals surface area contributed by atoms with Gasteiger partial charge in [0.1, 0.15) is 0 Å². The summed E-state index contributed by atoms with van der Waals surface area (Å²) in [5.41, 5.74) is 2.81. The van der Waals surface area contributed by atoms with Gasteiger partial charge in [-0.3, -0.25) is 10.1 Å². The standard InChI is InChI=1S/C20H20ClN5O3S2/c21-16-8-3-2-7-15(16)18(27)23-19-24-25-20(30-19)31(28,29)22-11-5-12-26-13-10-14-6-1-4-9-17(14)26/h1-4,6-9,22H,5,10-13H2,(H,23,24,27). The Morgan fingerprint density at radius 1 is 1.13 bits per heavy atom. The van der Waals surface area contributed by atoms with E-state index in [1.54, 1.807) is 24.3 Å². The first-order valence-electron chi connectivity index (χ1n) is 9.66. The quantitative estimate of drug-likeness (QED) is 0.381. The van der Waals surface area contributed by atoms with E-state index in [1.807, 2.05) is 12.1 Å². The Hall–Kier alpha value is -2.53. The van der Waals surface area contributed by atoms with Crippen molar-refractivity contribution in [3.63, 3.8) is 0 Å². The molecule has 0 saturated heterocycles. The summed E-state index contributed by atoms with van der Waals surface area (Å²) in [6, 6.07) is 14.8. The molecule has 8 nitrogen and oxygen atoms in total. The normalized spacial score (nSPS) is 13.3. The van der Waals surface area contributed by atoms with Crippen molar-refractivity contribution in [3.8, 4) is 0 Å². The van der Waals surface area contributed by atoms with Crippen LogP contribution in [-0.4, -0.2) is 44.2 Å². The van der Waals surface area contributed by atoms with Crippen molar-refractivity contribution in [2.24, 2.45) is 0 Å². The number of amides is 1. The van der Waals surface area contributed by atoms with Crippen LogP contribution in [0.1, 0.15) is 22.3 Å². The lowest BCUT2D eigenvalue weighted by Gasteiger charge is -2.19. The number of hydrogen-bond donors (Lipinski definition) is 2. The van der Waals surface area contributed by atoms with Gasteiger partial charge < -0.3 is 4.90 Å². The third-order valence-corrected chi connectivity index (χ3v) is 7.85. The molecule has 2 heterocycles. The third kappa shape index (κ3) is 5.04. The summed E-state index contributed by atoms with van der Waals surface area (Å²) >= 11 is 6.79. The number of nitrogens with one attached hydrogen (secondary N) is 2. The third-order valence-electron chi connectivity index (χ3n) is 4.86. The predicted octanol–water partition coefficient (Wildman–Crippen LogP) is 3.17. The molecule has 0 fully saturated rings. The molecule has 162 valence electrons. The Morgan fingerprint density at radius 3 is 2.74 bits per heavy atom. The maximum absolute atomic E-state index is 12.5. The summed E-state index contributed by atoms with van der Waals surface area (Å²) in [7, 11) is -3.81. The zero-order valence-electron chi connectivity index (χ0n) is 16.4. The van der Waals surface area contributed by atoms with E-state index in [2.05, 4.69) is 37.3 Å². The molecule has 4 rings (SSSR count). The van der Waals surface area contributed by atoms with E-state index in [4.69, 9.17) is 11.6 Å². The molecule has 1 aliphatic heterocycles. The fraction of sp³-hybridized carbons (Fsp3) is 0.250. The number of para-hydroxylation sites is 1. The number of fused-ring (bicyclic) bond motifs is 1. The second-order valence-corrected chi connectivity index (χ2v) is 10.2. The number of aromatic nitrogens is 2. The lowest BCUT2D eigenvalue weighted by atomic mass is 10.2. The average molecular weight is 478 g/mol. The fourth-order valence-corrected chi connectivity index (χ4v) is 5.59. The summed E-state index contributed by atoms with van der Waals surface area (Å²) < 4.78 is 27.3. The molecule has 11 heteroatoms. The molecule has 0 spiro atoms. The number of benzene rings is 2. The first-order valence-corrected chi connectivity index (χ1v) is 12.3. The molecule has 0 atom stereocenters. The van der Waals surface area contributed by atoms with Gasteiger partial charge in [0.25, 0.3) is 15.9 Å². The van der Waals surface area contributed by atoms with Crippen LogP contribution in [0, 0.1) is 0 Å². The minimum Gasteiger partial charge on any atom is -0.371 e. The number of nitrogens with zero attached hydrogens (tertiary/aromatic N) is 3. The second kappa shape index (κ2) is 9.31. The molecule has 1 aliphatic rings. The van der Waals surface area contributed by atoms with Gasteiger partial charge in [0.05, 0.1) is 10.6 Å². The van der Waals surface area contributed by atoms with Crippen molar-refractivity contribution in [2.45, 2.75) is 17.2 Å². The maximum atomic E-state index is 12.5. The van der Waals surface area contributed by atoms with E-state index in [0.29, 0.717) is 11.4 Å². The Morgan fingerprint density at radius 2 is 1.90 bits per heavy atom. The molecule has 0 saturated carbocycles. The Labute approximate surface area is 189 Å². The monoisotopic (exact) mass is 477 g/mol. The lowest BCUT2D eigenvalue weighted by Crippen LogP contribution is -2.29. The van der Waals surface area contributed by atoms with Gasteiger partial charge in [-0.1, -0.05) is 53.3 Å². The van der Waals surface area contributed by atoms with E-state index >= 15 is 0 Å². The number of hydrogen-bond acceptors (Lipinski definition) is 7. The molecule has 1 aromatic heterocycles. The van der Waals surface area contributed by atoms with E-state index < -0.39 is 15.9 Å². The highest BCUT2D eigenvalue weighted by Crippen LogP contribution is 2.27. The summed E-state index contributed by atoms with van der Waals surface area (Å²) in [5, 5.41) is 10.4. The smallest absolute Gasteiger partial charge is 0.269 e. The van der Waals surface area contributed by atoms with Crippen molar-refractivity contribution in [3.05, 3.63) is 64.7 Å². The molecule has 31 heavy (non-hydrogen) atoms. The van der Waals surface area contributed by atoms with Crippen molar-refractivity contribution < 1.29 is 13.2 Å². The van der Waals surface area contributed by atoms with Crippen molar-refractivity contribution in [1.29, 1.82) is 0 Å². The van der Waals surface area contributed by atoms with Crippen LogP contribution in [0.4, 0.5) is 10.8 Å². The minimum absolute atomic E-state index is 0.0824. The largest absolute Gasteiger partial charge is 0.371 e. The van der Waals surface area contributed by atoms with Gasteiger partial charge in [-0.05, 0) is 36.6 Å². The second-order valence-electron chi connectivity index (χ2n) is 6.92. The zero-order chi connectivity index (χ0) is 21.8. The van der Waals surface area contributed by atoms with Gasteiger partial charge in [-0.2, -0.15) is 0 Å². The first kappa shape index (κ1) is 21.7. The molecule has 0 bridgehead atoms. The topological polar surface area (TPSA) is 104 Å². The zero-order valence-corrected chi connectivity index (χ0v) is 18.8. The Balaban J connectivity index is 1.30. The number of halogens is 1. The average Bonchev–Trinajstić information content (AvgIpc) is 3.39. The van der Waals surface area contributed by atoms with Crippen LogP contribution in [0.2, 0.25) is 5.02 Å². The Kier molecular flexibility index (Phi) is 6.51. The molecule has 2 aromatic carbocycles. The molecule has 1 amide bonds. The summed E-state index contributed by atoms with van der Waals surface area (Å²) in [6.45, 7) is 1.98. The van der Waals surface area contributed by atoms with Crippen LogP contribution in [0.15, 0.2) is 52.9 Å². The highest BCUT2D eigenvalue weighted by Gasteiger charge is 2.22. The molecule has 0 aliphatic carbocycles. The highest BCUT2D eigenvalue weighted by atomic mass is 35.5. The summed E-state index contributed by atoms with van der Waals surface area (Å²) in [4.78, 5) is 14.6. The van der Waals surface area contributed by atoms with Crippen LogP contribution in [-0.2, 0) is 16.4 Å². The van der Waals surface area contributed by atoms with E-state index in [0.717, 1.165) is 30.8 Å². The first-order chi connectivity index (χ1) is 14.9. The highest BCUT2D eigenvalue weighted by molar-refractivity contribution is 7.91. The van der Waals surface area contributed by atoms with Gasteiger partial charge in [-0.25, -0.2) is 13.1 Å². The van der Waals surface area contributed by atoms with Crippen LogP contribution >= 0.6 is 22.9 Å². The summed E-state index contributed by atoms with van der Waals surface area (Å²) in [5.74, 6) is -0.482. The number of rotatable bonds is 8. The van der Waals surface area contributed by atoms with Crippen molar-refractivity contribution in [1.82, 2.24) is 14.9 Å². The number of carbonyl (C=O) groups is 1. The van der Waals surface area contributed by atoms with Gasteiger partial charge in [0, 0.05) is 25.3 Å². The van der Waals surface area contributed by atoms with E-state index in [1.165, 1.54) is 11.3 Å². The predicted molar refractivity (Wildman–Crippen MR) is 121 cm³/mol.